The van der Waals surface area contributed by atoms with Crippen molar-refractivity contribution in [2.75, 3.05) is 12.3 Å². The summed E-state index contributed by atoms with van der Waals surface area (Å²) < 4.78 is 24.9. The van der Waals surface area contributed by atoms with Gasteiger partial charge in [0.1, 0.15) is 5.54 Å². The van der Waals surface area contributed by atoms with Crippen LogP contribution in [0.4, 0.5) is 4.79 Å². The molecule has 1 fully saturated rings. The minimum absolute atomic E-state index is 0.0173. The molecule has 1 aliphatic rings. The fourth-order valence-corrected chi connectivity index (χ4v) is 4.80. The number of rotatable bonds is 6. The predicted octanol–water partition coefficient (Wildman–Crippen LogP) is 2.25. The van der Waals surface area contributed by atoms with E-state index in [-0.39, 0.29) is 30.4 Å². The molecule has 0 bridgehead atoms. The summed E-state index contributed by atoms with van der Waals surface area (Å²) in [5.74, 6) is -0.395. The van der Waals surface area contributed by atoms with Crippen LogP contribution in [0.5, 0.6) is 0 Å². The van der Waals surface area contributed by atoms with Crippen LogP contribution >= 0.6 is 0 Å². The first-order chi connectivity index (χ1) is 11.4. The molecule has 6 nitrogen and oxygen atoms in total. The average molecular weight is 366 g/mol. The highest BCUT2D eigenvalue weighted by atomic mass is 32.2. The van der Waals surface area contributed by atoms with Gasteiger partial charge in [-0.25, -0.2) is 13.2 Å². The Bertz CT molecular complexity index is 789. The Morgan fingerprint density at radius 2 is 1.64 bits per heavy atom. The largest absolute Gasteiger partial charge is 0.325 e. The molecule has 0 saturated carbocycles. The number of benzene rings is 1. The zero-order chi connectivity index (χ0) is 19.0. The molecule has 7 heteroatoms. The van der Waals surface area contributed by atoms with Gasteiger partial charge in [0.05, 0.1) is 11.5 Å². The van der Waals surface area contributed by atoms with Gasteiger partial charge in [0, 0.05) is 6.54 Å². The van der Waals surface area contributed by atoms with Gasteiger partial charge in [-0.3, -0.25) is 9.69 Å². The molecular weight excluding hydrogens is 340 g/mol. The minimum atomic E-state index is -3.32. The Morgan fingerprint density at radius 1 is 1.08 bits per heavy atom. The van der Waals surface area contributed by atoms with Gasteiger partial charge in [-0.1, -0.05) is 17.7 Å². The van der Waals surface area contributed by atoms with Gasteiger partial charge in [0.2, 0.25) is 0 Å². The first kappa shape index (κ1) is 19.4. The molecule has 0 spiro atoms. The average Bonchev–Trinajstić information content (AvgIpc) is 2.64. The molecule has 1 aromatic carbocycles. The van der Waals surface area contributed by atoms with Gasteiger partial charge in [0.15, 0.2) is 9.84 Å². The number of sulfone groups is 1. The van der Waals surface area contributed by atoms with E-state index in [1.165, 1.54) is 0 Å². The summed E-state index contributed by atoms with van der Waals surface area (Å²) in [6.45, 7) is 9.19. The van der Waals surface area contributed by atoms with E-state index >= 15 is 0 Å². The van der Waals surface area contributed by atoms with E-state index in [1.807, 2.05) is 32.9 Å². The molecular formula is C18H26N2O4S. The number of hydrogen-bond acceptors (Lipinski definition) is 4. The monoisotopic (exact) mass is 366 g/mol. The Hall–Kier alpha value is -1.89. The first-order valence-corrected chi connectivity index (χ1v) is 10.2. The third-order valence-electron chi connectivity index (χ3n) is 4.49. The van der Waals surface area contributed by atoms with Crippen LogP contribution < -0.4 is 5.32 Å². The van der Waals surface area contributed by atoms with Crippen molar-refractivity contribution in [1.29, 1.82) is 0 Å². The van der Waals surface area contributed by atoms with Crippen LogP contribution in [-0.4, -0.2) is 43.1 Å². The molecule has 1 aliphatic heterocycles. The first-order valence-electron chi connectivity index (χ1n) is 8.34. The highest BCUT2D eigenvalue weighted by molar-refractivity contribution is 7.90. The van der Waals surface area contributed by atoms with Crippen LogP contribution in [0, 0.1) is 20.8 Å². The number of amides is 3. The van der Waals surface area contributed by atoms with Crippen LogP contribution in [0.25, 0.3) is 0 Å². The number of carbonyl (C=O) groups excluding carboxylic acids is 2. The summed E-state index contributed by atoms with van der Waals surface area (Å²) in [6, 6.07) is 3.50. The summed E-state index contributed by atoms with van der Waals surface area (Å²) in [4.78, 5) is 25.0. The zero-order valence-electron chi connectivity index (χ0n) is 15.5. The van der Waals surface area contributed by atoms with Crippen LogP contribution in [0.15, 0.2) is 12.1 Å². The molecule has 1 N–H and O–H groups in total. The molecule has 1 heterocycles. The van der Waals surface area contributed by atoms with Crippen molar-refractivity contribution in [1.82, 2.24) is 10.2 Å². The van der Waals surface area contributed by atoms with Crippen molar-refractivity contribution in [3.05, 3.63) is 34.4 Å². The van der Waals surface area contributed by atoms with E-state index in [0.717, 1.165) is 27.2 Å². The molecule has 0 aliphatic carbocycles. The lowest BCUT2D eigenvalue weighted by molar-refractivity contribution is -0.130. The quantitative estimate of drug-likeness (QED) is 0.783. The fraction of sp³-hybridized carbons (Fsp3) is 0.556. The van der Waals surface area contributed by atoms with Crippen molar-refractivity contribution < 1.29 is 18.0 Å². The Morgan fingerprint density at radius 3 is 2.12 bits per heavy atom. The molecule has 1 aromatic rings. The molecule has 138 valence electrons. The molecule has 0 unspecified atom stereocenters. The van der Waals surface area contributed by atoms with E-state index in [1.54, 1.807) is 13.8 Å². The molecule has 1 saturated heterocycles. The second-order valence-electron chi connectivity index (χ2n) is 7.33. The number of hydrogen-bond donors (Lipinski definition) is 1. The number of aryl methyl sites for hydroxylation is 3. The van der Waals surface area contributed by atoms with Crippen molar-refractivity contribution >= 4 is 21.8 Å². The van der Waals surface area contributed by atoms with E-state index < -0.39 is 21.4 Å². The number of imide groups is 1. The Labute approximate surface area is 149 Å². The van der Waals surface area contributed by atoms with Gasteiger partial charge in [0.25, 0.3) is 5.91 Å². The highest BCUT2D eigenvalue weighted by Crippen LogP contribution is 2.20. The van der Waals surface area contributed by atoms with Gasteiger partial charge in [-0.15, -0.1) is 0 Å². The number of nitrogens with one attached hydrogen (secondary N) is 1. The molecule has 0 atom stereocenters. The van der Waals surface area contributed by atoms with Crippen LogP contribution in [0.1, 0.15) is 42.5 Å². The molecule has 3 amide bonds. The second-order valence-corrected chi connectivity index (χ2v) is 9.52. The van der Waals surface area contributed by atoms with E-state index in [2.05, 4.69) is 5.32 Å². The van der Waals surface area contributed by atoms with E-state index in [4.69, 9.17) is 0 Å². The lowest BCUT2D eigenvalue weighted by Gasteiger charge is -2.16. The zero-order valence-corrected chi connectivity index (χ0v) is 16.3. The summed E-state index contributed by atoms with van der Waals surface area (Å²) in [6.07, 6.45) is 0.238. The molecule has 0 aromatic heterocycles. The van der Waals surface area contributed by atoms with Crippen molar-refractivity contribution in [3.63, 3.8) is 0 Å². The van der Waals surface area contributed by atoms with Gasteiger partial charge >= 0.3 is 6.03 Å². The summed E-state index contributed by atoms with van der Waals surface area (Å²) in [7, 11) is -3.32. The van der Waals surface area contributed by atoms with Crippen LogP contribution in [0.3, 0.4) is 0 Å². The van der Waals surface area contributed by atoms with Gasteiger partial charge in [-0.2, -0.15) is 0 Å². The van der Waals surface area contributed by atoms with Crippen molar-refractivity contribution in [2.24, 2.45) is 0 Å². The predicted molar refractivity (Wildman–Crippen MR) is 97.1 cm³/mol. The molecule has 25 heavy (non-hydrogen) atoms. The van der Waals surface area contributed by atoms with Gasteiger partial charge < -0.3 is 5.32 Å². The molecule has 2 rings (SSSR count). The number of carbonyl (C=O) groups is 2. The normalized spacial score (nSPS) is 17.1. The summed E-state index contributed by atoms with van der Waals surface area (Å²) in [5, 5.41) is 2.59. The number of nitrogens with zero attached hydrogens (tertiary/aromatic N) is 1. The standard InChI is InChI=1S/C18H26N2O4S/c1-12-9-13(2)15(14(3)10-12)11-25(23,24)8-6-7-20-16(21)18(4,5)19-17(20)22/h9-10H,6-8,11H2,1-5H3,(H,19,22). The summed E-state index contributed by atoms with van der Waals surface area (Å²) in [5.41, 5.74) is 2.96. The second kappa shape index (κ2) is 6.78. The Balaban J connectivity index is 1.99. The maximum atomic E-state index is 12.4. The fourth-order valence-electron chi connectivity index (χ4n) is 3.19. The van der Waals surface area contributed by atoms with Crippen molar-refractivity contribution in [3.8, 4) is 0 Å². The van der Waals surface area contributed by atoms with Gasteiger partial charge in [-0.05, 0) is 57.7 Å². The maximum Gasteiger partial charge on any atom is 0.325 e. The maximum absolute atomic E-state index is 12.4. The van der Waals surface area contributed by atoms with E-state index in [9.17, 15) is 18.0 Å². The molecule has 0 radical (unpaired) electrons. The summed E-state index contributed by atoms with van der Waals surface area (Å²) >= 11 is 0. The minimum Gasteiger partial charge on any atom is -0.324 e. The SMILES string of the molecule is Cc1cc(C)c(CS(=O)(=O)CCCN2C(=O)NC(C)(C)C2=O)c(C)c1. The van der Waals surface area contributed by atoms with Crippen LogP contribution in [-0.2, 0) is 20.4 Å². The van der Waals surface area contributed by atoms with Crippen LogP contribution in [0.2, 0.25) is 0 Å². The third-order valence-corrected chi connectivity index (χ3v) is 6.13. The third kappa shape index (κ3) is 4.39. The highest BCUT2D eigenvalue weighted by Gasteiger charge is 2.43. The lowest BCUT2D eigenvalue weighted by Crippen LogP contribution is -2.40. The van der Waals surface area contributed by atoms with Crippen molar-refractivity contribution in [2.45, 2.75) is 52.3 Å². The lowest BCUT2D eigenvalue weighted by atomic mass is 10.0. The van der Waals surface area contributed by atoms with E-state index in [0.29, 0.717) is 0 Å². The smallest absolute Gasteiger partial charge is 0.324 e. The topological polar surface area (TPSA) is 83.6 Å². The Kier molecular flexibility index (Phi) is 5.27. The number of urea groups is 1.